The van der Waals surface area contributed by atoms with Gasteiger partial charge in [-0.05, 0) is 29.5 Å². The maximum Gasteiger partial charge on any atom is 0.320 e. The largest absolute Gasteiger partial charge is 0.480 e. The van der Waals surface area contributed by atoms with Crippen molar-refractivity contribution in [3.8, 4) is 0 Å². The fourth-order valence-electron chi connectivity index (χ4n) is 1.71. The molecule has 0 bridgehead atoms. The third kappa shape index (κ3) is 3.96. The lowest BCUT2D eigenvalue weighted by molar-refractivity contribution is -0.138. The van der Waals surface area contributed by atoms with Crippen molar-refractivity contribution in [2.75, 3.05) is 5.73 Å². The number of aromatic nitrogens is 1. The first-order valence-electron chi connectivity index (χ1n) is 5.19. The van der Waals surface area contributed by atoms with E-state index in [1.807, 2.05) is 24.3 Å². The smallest absolute Gasteiger partial charge is 0.320 e. The summed E-state index contributed by atoms with van der Waals surface area (Å²) in [6.45, 7) is 0. The number of nitrogen functional groups attached to an aromatic ring is 1. The first-order chi connectivity index (χ1) is 8.08. The molecule has 0 amide bonds. The normalized spacial score (nSPS) is 11.2. The van der Waals surface area contributed by atoms with Crippen molar-refractivity contribution < 1.29 is 9.90 Å². The van der Waals surface area contributed by atoms with Crippen molar-refractivity contribution in [2.24, 2.45) is 5.73 Å². The summed E-state index contributed by atoms with van der Waals surface area (Å²) in [5.74, 6) is -0.572. The van der Waals surface area contributed by atoms with E-state index in [-0.39, 0.29) is 31.2 Å². The fraction of sp³-hybridized carbons (Fsp3) is 0.167. The summed E-state index contributed by atoms with van der Waals surface area (Å²) in [6.07, 6.45) is 1.92. The molecular formula is C12H15Cl2N3O2. The molecule has 0 spiro atoms. The maximum absolute atomic E-state index is 10.7. The number of pyridine rings is 1. The van der Waals surface area contributed by atoms with Crippen molar-refractivity contribution in [1.82, 2.24) is 4.98 Å². The van der Waals surface area contributed by atoms with E-state index in [2.05, 4.69) is 4.98 Å². The average Bonchev–Trinajstić information content (AvgIpc) is 2.30. The Balaban J connectivity index is 0.00000162. The number of anilines is 1. The molecule has 1 heterocycles. The van der Waals surface area contributed by atoms with Gasteiger partial charge in [0.2, 0.25) is 0 Å². The summed E-state index contributed by atoms with van der Waals surface area (Å²) in [5, 5.41) is 10.5. The Morgan fingerprint density at radius 3 is 2.63 bits per heavy atom. The molecule has 1 unspecified atom stereocenters. The van der Waals surface area contributed by atoms with Crippen LogP contribution in [0.15, 0.2) is 30.5 Å². The Labute approximate surface area is 122 Å². The van der Waals surface area contributed by atoms with Crippen LogP contribution in [0.25, 0.3) is 10.8 Å². The van der Waals surface area contributed by atoms with Crippen LogP contribution in [0.3, 0.4) is 0 Å². The second-order valence-corrected chi connectivity index (χ2v) is 3.90. The first kappa shape index (κ1) is 17.4. The van der Waals surface area contributed by atoms with E-state index in [4.69, 9.17) is 16.6 Å². The highest BCUT2D eigenvalue weighted by Crippen LogP contribution is 2.20. The standard InChI is InChI=1S/C12H13N3O2.2ClH/c13-10(12(16)17)6-7-1-2-8-3-4-15-11(14)9(8)5-7;;/h1-5,10H,6,13H2,(H2,14,15)(H,16,17);2*1H. The van der Waals surface area contributed by atoms with Crippen molar-refractivity contribution >= 4 is 47.4 Å². The number of aliphatic carboxylic acids is 1. The summed E-state index contributed by atoms with van der Waals surface area (Å²) in [7, 11) is 0. The molecule has 0 fully saturated rings. The maximum atomic E-state index is 10.7. The van der Waals surface area contributed by atoms with Gasteiger partial charge in [-0.1, -0.05) is 12.1 Å². The molecule has 7 heteroatoms. The molecule has 5 nitrogen and oxygen atoms in total. The lowest BCUT2D eigenvalue weighted by atomic mass is 10.0. The van der Waals surface area contributed by atoms with Gasteiger partial charge in [0, 0.05) is 11.6 Å². The van der Waals surface area contributed by atoms with Crippen LogP contribution in [0, 0.1) is 0 Å². The van der Waals surface area contributed by atoms with E-state index in [0.717, 1.165) is 16.3 Å². The molecular weight excluding hydrogens is 289 g/mol. The van der Waals surface area contributed by atoms with Gasteiger partial charge in [-0.15, -0.1) is 24.8 Å². The van der Waals surface area contributed by atoms with Gasteiger partial charge in [-0.2, -0.15) is 0 Å². The number of halogens is 2. The third-order valence-corrected chi connectivity index (χ3v) is 2.63. The minimum absolute atomic E-state index is 0. The van der Waals surface area contributed by atoms with Crippen LogP contribution < -0.4 is 11.5 Å². The van der Waals surface area contributed by atoms with Crippen LogP contribution in [0.1, 0.15) is 5.56 Å². The number of carboxylic acids is 1. The summed E-state index contributed by atoms with van der Waals surface area (Å²) >= 11 is 0. The SMILES string of the molecule is Cl.Cl.Nc1nccc2ccc(CC(N)C(=O)O)cc12. The van der Waals surface area contributed by atoms with Crippen LogP contribution in [0.5, 0.6) is 0 Å². The zero-order valence-corrected chi connectivity index (χ0v) is 11.6. The predicted molar refractivity (Wildman–Crippen MR) is 80.0 cm³/mol. The van der Waals surface area contributed by atoms with E-state index in [0.29, 0.717) is 5.82 Å². The number of rotatable bonds is 3. The lowest BCUT2D eigenvalue weighted by Crippen LogP contribution is -2.32. The highest BCUT2D eigenvalue weighted by Gasteiger charge is 2.12. The minimum atomic E-state index is -1.01. The van der Waals surface area contributed by atoms with Gasteiger partial charge in [-0.3, -0.25) is 4.79 Å². The molecule has 0 aliphatic heterocycles. The Hall–Kier alpha value is -1.56. The number of hydrogen-bond donors (Lipinski definition) is 3. The number of fused-ring (bicyclic) bond motifs is 1. The van der Waals surface area contributed by atoms with Crippen molar-refractivity contribution in [3.63, 3.8) is 0 Å². The monoisotopic (exact) mass is 303 g/mol. The zero-order chi connectivity index (χ0) is 12.4. The second kappa shape index (κ2) is 7.13. The zero-order valence-electron chi connectivity index (χ0n) is 9.95. The molecule has 5 N–H and O–H groups in total. The number of nitrogens with zero attached hydrogens (tertiary/aromatic N) is 1. The molecule has 1 aromatic heterocycles. The molecule has 0 saturated carbocycles. The van der Waals surface area contributed by atoms with Crippen LogP contribution in [0.4, 0.5) is 5.82 Å². The van der Waals surface area contributed by atoms with E-state index in [1.165, 1.54) is 0 Å². The van der Waals surface area contributed by atoms with E-state index in [9.17, 15) is 4.79 Å². The molecule has 2 rings (SSSR count). The van der Waals surface area contributed by atoms with E-state index >= 15 is 0 Å². The van der Waals surface area contributed by atoms with Crippen LogP contribution >= 0.6 is 24.8 Å². The first-order valence-corrected chi connectivity index (χ1v) is 5.19. The van der Waals surface area contributed by atoms with Crippen molar-refractivity contribution in [3.05, 3.63) is 36.0 Å². The summed E-state index contributed by atoms with van der Waals surface area (Å²) < 4.78 is 0. The molecule has 1 atom stereocenters. The predicted octanol–water partition coefficient (Wildman–Crippen LogP) is 1.61. The Bertz CT molecular complexity index is 578. The Morgan fingerprint density at radius 2 is 2.00 bits per heavy atom. The van der Waals surface area contributed by atoms with Gasteiger partial charge in [0.05, 0.1) is 0 Å². The Morgan fingerprint density at radius 1 is 1.32 bits per heavy atom. The molecule has 0 radical (unpaired) electrons. The fourth-order valence-corrected chi connectivity index (χ4v) is 1.71. The summed E-state index contributed by atoms with van der Waals surface area (Å²) in [5.41, 5.74) is 12.1. The van der Waals surface area contributed by atoms with Crippen molar-refractivity contribution in [2.45, 2.75) is 12.5 Å². The number of hydrogen-bond acceptors (Lipinski definition) is 4. The molecule has 19 heavy (non-hydrogen) atoms. The third-order valence-electron chi connectivity index (χ3n) is 2.63. The molecule has 1 aromatic carbocycles. The van der Waals surface area contributed by atoms with Crippen molar-refractivity contribution in [1.29, 1.82) is 0 Å². The number of carbonyl (C=O) groups is 1. The van der Waals surface area contributed by atoms with E-state index < -0.39 is 12.0 Å². The molecule has 104 valence electrons. The molecule has 0 saturated heterocycles. The van der Waals surface area contributed by atoms with Gasteiger partial charge in [0.15, 0.2) is 0 Å². The van der Waals surface area contributed by atoms with Crippen LogP contribution in [-0.4, -0.2) is 22.1 Å². The van der Waals surface area contributed by atoms with Crippen LogP contribution in [-0.2, 0) is 11.2 Å². The highest BCUT2D eigenvalue weighted by molar-refractivity contribution is 5.91. The van der Waals surface area contributed by atoms with E-state index in [1.54, 1.807) is 6.20 Å². The second-order valence-electron chi connectivity index (χ2n) is 3.90. The van der Waals surface area contributed by atoms with Gasteiger partial charge in [0.25, 0.3) is 0 Å². The minimum Gasteiger partial charge on any atom is -0.480 e. The van der Waals surface area contributed by atoms with Gasteiger partial charge >= 0.3 is 5.97 Å². The quantitative estimate of drug-likeness (QED) is 0.799. The average molecular weight is 304 g/mol. The highest BCUT2D eigenvalue weighted by atomic mass is 35.5. The summed E-state index contributed by atoms with van der Waals surface area (Å²) in [6, 6.07) is 6.53. The Kier molecular flexibility index (Phi) is 6.55. The summed E-state index contributed by atoms with van der Waals surface area (Å²) in [4.78, 5) is 14.7. The topological polar surface area (TPSA) is 102 Å². The molecule has 0 aliphatic rings. The molecule has 0 aliphatic carbocycles. The number of nitrogens with two attached hydrogens (primary N) is 2. The van der Waals surface area contributed by atoms with Gasteiger partial charge in [-0.25, -0.2) is 4.98 Å². The molecule has 2 aromatic rings. The van der Waals surface area contributed by atoms with Gasteiger partial charge < -0.3 is 16.6 Å². The number of benzene rings is 1. The van der Waals surface area contributed by atoms with Gasteiger partial charge in [0.1, 0.15) is 11.9 Å². The lowest BCUT2D eigenvalue weighted by Gasteiger charge is -2.08. The van der Waals surface area contributed by atoms with Crippen LogP contribution in [0.2, 0.25) is 0 Å². The number of carboxylic acid groups (broad SMARTS) is 1.